The van der Waals surface area contributed by atoms with Gasteiger partial charge in [-0.1, -0.05) is 12.2 Å². The number of aliphatic imine (C=N–C) groups is 1. The normalized spacial score (nSPS) is 31.7. The first kappa shape index (κ1) is 19.3. The van der Waals surface area contributed by atoms with Crippen molar-refractivity contribution in [2.75, 3.05) is 50.8 Å². The maximum atomic E-state index is 10.5. The van der Waals surface area contributed by atoms with Gasteiger partial charge in [0.2, 0.25) is 0 Å². The highest BCUT2D eigenvalue weighted by Gasteiger charge is 2.33. The summed E-state index contributed by atoms with van der Waals surface area (Å²) in [7, 11) is 0. The van der Waals surface area contributed by atoms with Crippen LogP contribution in [0.4, 0.5) is 0 Å². The molecule has 5 nitrogen and oxygen atoms in total. The molecule has 0 spiro atoms. The molecule has 3 aliphatic rings. The van der Waals surface area contributed by atoms with E-state index in [9.17, 15) is 5.11 Å². The molecule has 3 heterocycles. The van der Waals surface area contributed by atoms with Crippen LogP contribution in [0.15, 0.2) is 17.1 Å². The molecular formula is C16H29IN4OS. The Labute approximate surface area is 161 Å². The minimum absolute atomic E-state index is 0. The Balaban J connectivity index is 0.00000192. The summed E-state index contributed by atoms with van der Waals surface area (Å²) in [5, 5.41) is 13.9. The van der Waals surface area contributed by atoms with Crippen LogP contribution >= 0.6 is 35.7 Å². The molecule has 0 aromatic rings. The lowest BCUT2D eigenvalue weighted by Crippen LogP contribution is -2.44. The van der Waals surface area contributed by atoms with Crippen molar-refractivity contribution in [1.82, 2.24) is 15.1 Å². The van der Waals surface area contributed by atoms with Crippen LogP contribution in [0.3, 0.4) is 0 Å². The SMILES string of the molecule is CCNC(=NCC1(O)CCSC1)N1CCC(N2CC=CC2)C1.I. The molecule has 2 N–H and O–H groups in total. The Hall–Kier alpha value is 0.01000. The minimum Gasteiger partial charge on any atom is -0.387 e. The number of guanidine groups is 1. The molecule has 3 rings (SSSR count). The van der Waals surface area contributed by atoms with Crippen LogP contribution in [0, 0.1) is 0 Å². The van der Waals surface area contributed by atoms with Crippen molar-refractivity contribution in [2.24, 2.45) is 4.99 Å². The third-order valence-electron chi connectivity index (χ3n) is 4.77. The zero-order valence-corrected chi connectivity index (χ0v) is 17.1. The monoisotopic (exact) mass is 452 g/mol. The molecule has 0 aromatic carbocycles. The fourth-order valence-corrected chi connectivity index (χ4v) is 4.68. The molecule has 0 aliphatic carbocycles. The van der Waals surface area contributed by atoms with Crippen molar-refractivity contribution < 1.29 is 5.11 Å². The zero-order valence-electron chi connectivity index (χ0n) is 13.9. The molecule has 0 aromatic heterocycles. The Morgan fingerprint density at radius 2 is 2.22 bits per heavy atom. The van der Waals surface area contributed by atoms with Gasteiger partial charge in [-0.3, -0.25) is 9.89 Å². The molecule has 2 fully saturated rings. The van der Waals surface area contributed by atoms with Gasteiger partial charge in [-0.15, -0.1) is 24.0 Å². The molecule has 2 unspecified atom stereocenters. The van der Waals surface area contributed by atoms with E-state index >= 15 is 0 Å². The number of rotatable bonds is 4. The fraction of sp³-hybridized carbons (Fsp3) is 0.812. The highest BCUT2D eigenvalue weighted by atomic mass is 127. The van der Waals surface area contributed by atoms with Crippen LogP contribution in [0.25, 0.3) is 0 Å². The van der Waals surface area contributed by atoms with Crippen LogP contribution < -0.4 is 5.32 Å². The van der Waals surface area contributed by atoms with E-state index in [0.717, 1.165) is 56.6 Å². The molecule has 23 heavy (non-hydrogen) atoms. The Morgan fingerprint density at radius 3 is 2.87 bits per heavy atom. The first-order valence-corrected chi connectivity index (χ1v) is 9.58. The van der Waals surface area contributed by atoms with Gasteiger partial charge in [0.15, 0.2) is 5.96 Å². The second kappa shape index (κ2) is 8.92. The number of aliphatic hydroxyl groups is 1. The van der Waals surface area contributed by atoms with Crippen molar-refractivity contribution in [3.8, 4) is 0 Å². The molecule has 2 saturated heterocycles. The van der Waals surface area contributed by atoms with Crippen LogP contribution in [0.2, 0.25) is 0 Å². The van der Waals surface area contributed by atoms with E-state index in [4.69, 9.17) is 4.99 Å². The fourth-order valence-electron chi connectivity index (χ4n) is 3.39. The molecule has 132 valence electrons. The largest absolute Gasteiger partial charge is 0.387 e. The van der Waals surface area contributed by atoms with Crippen molar-refractivity contribution in [3.63, 3.8) is 0 Å². The molecular weight excluding hydrogens is 423 g/mol. The maximum absolute atomic E-state index is 10.5. The zero-order chi connectivity index (χ0) is 15.4. The van der Waals surface area contributed by atoms with E-state index in [-0.39, 0.29) is 24.0 Å². The second-order valence-electron chi connectivity index (χ2n) is 6.51. The highest BCUT2D eigenvalue weighted by Crippen LogP contribution is 2.28. The van der Waals surface area contributed by atoms with Gasteiger partial charge in [0.05, 0.1) is 12.1 Å². The molecule has 7 heteroatoms. The summed E-state index contributed by atoms with van der Waals surface area (Å²) < 4.78 is 0. The van der Waals surface area contributed by atoms with Crippen LogP contribution in [0.5, 0.6) is 0 Å². The number of halogens is 1. The summed E-state index contributed by atoms with van der Waals surface area (Å²) in [6.07, 6.45) is 6.58. The summed E-state index contributed by atoms with van der Waals surface area (Å²) in [6.45, 7) is 7.77. The highest BCUT2D eigenvalue weighted by molar-refractivity contribution is 14.0. The Kier molecular flexibility index (Phi) is 7.50. The van der Waals surface area contributed by atoms with Crippen LogP contribution in [-0.2, 0) is 0 Å². The summed E-state index contributed by atoms with van der Waals surface area (Å²) in [5.41, 5.74) is -0.594. The third-order valence-corrected chi connectivity index (χ3v) is 6.00. The van der Waals surface area contributed by atoms with Crippen molar-refractivity contribution in [1.29, 1.82) is 0 Å². The van der Waals surface area contributed by atoms with Gasteiger partial charge in [-0.2, -0.15) is 11.8 Å². The van der Waals surface area contributed by atoms with E-state index in [0.29, 0.717) is 12.6 Å². The van der Waals surface area contributed by atoms with Crippen LogP contribution in [0.1, 0.15) is 19.8 Å². The van der Waals surface area contributed by atoms with E-state index in [1.807, 2.05) is 11.8 Å². The quantitative estimate of drug-likeness (QED) is 0.292. The van der Waals surface area contributed by atoms with Gasteiger partial charge in [-0.05, 0) is 25.5 Å². The lowest BCUT2D eigenvalue weighted by molar-refractivity contribution is 0.0776. The van der Waals surface area contributed by atoms with Gasteiger partial charge >= 0.3 is 0 Å². The van der Waals surface area contributed by atoms with E-state index in [1.54, 1.807) is 0 Å². The summed E-state index contributed by atoms with van der Waals surface area (Å²) in [6, 6.07) is 0.629. The molecule has 3 aliphatic heterocycles. The summed E-state index contributed by atoms with van der Waals surface area (Å²) in [4.78, 5) is 9.64. The number of nitrogens with zero attached hydrogens (tertiary/aromatic N) is 3. The van der Waals surface area contributed by atoms with Crippen molar-refractivity contribution >= 4 is 41.7 Å². The van der Waals surface area contributed by atoms with Crippen molar-refractivity contribution in [2.45, 2.75) is 31.4 Å². The number of hydrogen-bond acceptors (Lipinski definition) is 4. The Morgan fingerprint density at radius 1 is 1.43 bits per heavy atom. The maximum Gasteiger partial charge on any atom is 0.194 e. The average molecular weight is 452 g/mol. The average Bonchev–Trinajstić information content (AvgIpc) is 3.24. The number of likely N-dealkylation sites (tertiary alicyclic amines) is 1. The van der Waals surface area contributed by atoms with Gasteiger partial charge in [-0.25, -0.2) is 0 Å². The van der Waals surface area contributed by atoms with Gasteiger partial charge < -0.3 is 15.3 Å². The molecule has 0 amide bonds. The van der Waals surface area contributed by atoms with Crippen LogP contribution in [-0.4, -0.2) is 83.3 Å². The number of hydrogen-bond donors (Lipinski definition) is 2. The minimum atomic E-state index is -0.594. The molecule has 2 atom stereocenters. The van der Waals surface area contributed by atoms with E-state index < -0.39 is 5.60 Å². The summed E-state index contributed by atoms with van der Waals surface area (Å²) in [5.74, 6) is 2.84. The summed E-state index contributed by atoms with van der Waals surface area (Å²) >= 11 is 1.83. The number of thioether (sulfide) groups is 1. The molecule has 0 bridgehead atoms. The van der Waals surface area contributed by atoms with Gasteiger partial charge in [0.25, 0.3) is 0 Å². The van der Waals surface area contributed by atoms with E-state index in [2.05, 4.69) is 34.2 Å². The van der Waals surface area contributed by atoms with Gasteiger partial charge in [0.1, 0.15) is 0 Å². The predicted molar refractivity (Wildman–Crippen MR) is 109 cm³/mol. The third kappa shape index (κ3) is 4.99. The standard InChI is InChI=1S/C16H28N4OS.HI/c1-2-17-15(18-12-16(21)6-10-22-13-16)20-9-5-14(11-20)19-7-3-4-8-19;/h3-4,14,21H,2,5-13H2,1H3,(H,17,18);1H. The predicted octanol–water partition coefficient (Wildman–Crippen LogP) is 1.38. The topological polar surface area (TPSA) is 51.1 Å². The van der Waals surface area contributed by atoms with E-state index in [1.165, 1.54) is 6.42 Å². The first-order chi connectivity index (χ1) is 10.7. The van der Waals surface area contributed by atoms with Gasteiger partial charge in [0, 0.05) is 44.5 Å². The molecule has 0 radical (unpaired) electrons. The first-order valence-electron chi connectivity index (χ1n) is 8.43. The second-order valence-corrected chi connectivity index (χ2v) is 7.62. The lowest BCUT2D eigenvalue weighted by Gasteiger charge is -2.26. The van der Waals surface area contributed by atoms with Crippen molar-refractivity contribution in [3.05, 3.63) is 12.2 Å². The number of nitrogens with one attached hydrogen (secondary N) is 1. The molecule has 0 saturated carbocycles. The smallest absolute Gasteiger partial charge is 0.194 e. The lowest BCUT2D eigenvalue weighted by atomic mass is 10.1. The Bertz CT molecular complexity index is 432.